The highest BCUT2D eigenvalue weighted by Crippen LogP contribution is 2.24. The average molecular weight is 474 g/mol. The number of rotatable bonds is 4. The molecule has 34 heavy (non-hydrogen) atoms. The van der Waals surface area contributed by atoms with Crippen LogP contribution in [0.3, 0.4) is 0 Å². The van der Waals surface area contributed by atoms with Crippen molar-refractivity contribution < 1.29 is 14.0 Å². The number of fused-ring (bicyclic) bond motifs is 1. The first-order chi connectivity index (χ1) is 16.5. The summed E-state index contributed by atoms with van der Waals surface area (Å²) in [6, 6.07) is 20.0. The summed E-state index contributed by atoms with van der Waals surface area (Å²) in [4.78, 5) is 35.2. The summed E-state index contributed by atoms with van der Waals surface area (Å²) in [5.41, 5.74) is 2.36. The Bertz CT molecular complexity index is 1350. The van der Waals surface area contributed by atoms with E-state index in [0.29, 0.717) is 48.7 Å². The SMILES string of the molecule is Cc1nc(Cc2ccc(F)cc2)sc1C(=O)N1CCN(C(=O)c2cccc3ccccc23)CC1. The van der Waals surface area contributed by atoms with Crippen LogP contribution < -0.4 is 0 Å². The number of hydrogen-bond acceptors (Lipinski definition) is 4. The minimum atomic E-state index is -0.270. The molecule has 1 saturated heterocycles. The molecule has 2 amide bonds. The zero-order chi connectivity index (χ0) is 23.7. The topological polar surface area (TPSA) is 53.5 Å². The van der Waals surface area contributed by atoms with Crippen molar-refractivity contribution in [3.8, 4) is 0 Å². The van der Waals surface area contributed by atoms with Crippen LogP contribution in [0.25, 0.3) is 10.8 Å². The smallest absolute Gasteiger partial charge is 0.265 e. The fourth-order valence-electron chi connectivity index (χ4n) is 4.34. The van der Waals surface area contributed by atoms with E-state index >= 15 is 0 Å². The molecule has 7 heteroatoms. The number of carbonyl (C=O) groups is 2. The summed E-state index contributed by atoms with van der Waals surface area (Å²) in [7, 11) is 0. The lowest BCUT2D eigenvalue weighted by atomic mass is 10.0. The van der Waals surface area contributed by atoms with Gasteiger partial charge in [0, 0.05) is 38.2 Å². The van der Waals surface area contributed by atoms with E-state index in [1.54, 1.807) is 17.0 Å². The van der Waals surface area contributed by atoms with Crippen LogP contribution in [0, 0.1) is 12.7 Å². The molecule has 1 fully saturated rings. The van der Waals surface area contributed by atoms with Crippen LogP contribution in [0.5, 0.6) is 0 Å². The van der Waals surface area contributed by atoms with Gasteiger partial charge in [-0.15, -0.1) is 11.3 Å². The predicted molar refractivity (Wildman–Crippen MR) is 132 cm³/mol. The lowest BCUT2D eigenvalue weighted by molar-refractivity contribution is 0.0538. The van der Waals surface area contributed by atoms with Crippen LogP contribution in [0.2, 0.25) is 0 Å². The van der Waals surface area contributed by atoms with E-state index in [-0.39, 0.29) is 17.6 Å². The first-order valence-corrected chi connectivity index (χ1v) is 12.1. The van der Waals surface area contributed by atoms with Gasteiger partial charge in [0.2, 0.25) is 0 Å². The number of nitrogens with zero attached hydrogens (tertiary/aromatic N) is 3. The van der Waals surface area contributed by atoms with Crippen molar-refractivity contribution in [2.45, 2.75) is 13.3 Å². The zero-order valence-corrected chi connectivity index (χ0v) is 19.6. The van der Waals surface area contributed by atoms with Crippen molar-refractivity contribution in [3.63, 3.8) is 0 Å². The molecule has 5 rings (SSSR count). The second kappa shape index (κ2) is 9.35. The fraction of sp³-hybridized carbons (Fsp3) is 0.222. The third-order valence-corrected chi connectivity index (χ3v) is 7.32. The molecular formula is C27H24FN3O2S. The van der Waals surface area contributed by atoms with E-state index in [1.165, 1.54) is 23.5 Å². The monoisotopic (exact) mass is 473 g/mol. The van der Waals surface area contributed by atoms with Crippen LogP contribution in [0.15, 0.2) is 66.7 Å². The van der Waals surface area contributed by atoms with Crippen molar-refractivity contribution in [1.82, 2.24) is 14.8 Å². The van der Waals surface area contributed by atoms with Crippen molar-refractivity contribution in [2.24, 2.45) is 0 Å². The molecule has 0 atom stereocenters. The molecule has 5 nitrogen and oxygen atoms in total. The summed E-state index contributed by atoms with van der Waals surface area (Å²) < 4.78 is 13.2. The standard InChI is InChI=1S/C27H24FN3O2S/c1-18-25(34-24(29-18)17-19-9-11-21(28)12-10-19)27(33)31-15-13-30(14-16-31)26(32)23-8-4-6-20-5-2-3-7-22(20)23/h2-12H,13-17H2,1H3. The first-order valence-electron chi connectivity index (χ1n) is 11.3. The number of halogens is 1. The molecule has 3 aromatic carbocycles. The van der Waals surface area contributed by atoms with Gasteiger partial charge in [-0.25, -0.2) is 9.37 Å². The van der Waals surface area contributed by atoms with E-state index in [9.17, 15) is 14.0 Å². The Morgan fingerprint density at radius 3 is 2.26 bits per heavy atom. The van der Waals surface area contributed by atoms with E-state index in [4.69, 9.17) is 0 Å². The Hall–Kier alpha value is -3.58. The second-order valence-electron chi connectivity index (χ2n) is 8.44. The van der Waals surface area contributed by atoms with Crippen LogP contribution in [-0.2, 0) is 6.42 Å². The van der Waals surface area contributed by atoms with Gasteiger partial charge in [0.05, 0.1) is 10.7 Å². The Morgan fingerprint density at radius 1 is 0.882 bits per heavy atom. The number of hydrogen-bond donors (Lipinski definition) is 0. The van der Waals surface area contributed by atoms with E-state index in [1.807, 2.05) is 54.3 Å². The molecule has 0 radical (unpaired) electrons. The number of amides is 2. The van der Waals surface area contributed by atoms with Crippen molar-refractivity contribution in [3.05, 3.63) is 99.3 Å². The Kier molecular flexibility index (Phi) is 6.11. The van der Waals surface area contributed by atoms with Crippen LogP contribution in [0.4, 0.5) is 4.39 Å². The highest BCUT2D eigenvalue weighted by Gasteiger charge is 2.28. The largest absolute Gasteiger partial charge is 0.335 e. The molecule has 0 unspecified atom stereocenters. The van der Waals surface area contributed by atoms with Crippen molar-refractivity contribution in [1.29, 1.82) is 0 Å². The fourth-order valence-corrected chi connectivity index (χ4v) is 5.41. The van der Waals surface area contributed by atoms with Gasteiger partial charge in [-0.1, -0.05) is 48.5 Å². The zero-order valence-electron chi connectivity index (χ0n) is 18.8. The lowest BCUT2D eigenvalue weighted by Crippen LogP contribution is -2.50. The Balaban J connectivity index is 1.25. The van der Waals surface area contributed by atoms with Crippen molar-refractivity contribution in [2.75, 3.05) is 26.2 Å². The molecule has 0 bridgehead atoms. The van der Waals surface area contributed by atoms with Gasteiger partial charge in [-0.05, 0) is 41.5 Å². The minimum Gasteiger partial charge on any atom is -0.335 e. The van der Waals surface area contributed by atoms with Gasteiger partial charge in [0.15, 0.2) is 0 Å². The van der Waals surface area contributed by atoms with Gasteiger partial charge in [0.25, 0.3) is 11.8 Å². The summed E-state index contributed by atoms with van der Waals surface area (Å²) in [6.45, 7) is 3.81. The molecule has 172 valence electrons. The number of benzene rings is 3. The first kappa shape index (κ1) is 22.2. The molecule has 1 aliphatic rings. The molecular weight excluding hydrogens is 449 g/mol. The molecule has 0 spiro atoms. The normalized spacial score (nSPS) is 13.9. The van der Waals surface area contributed by atoms with E-state index in [0.717, 1.165) is 21.3 Å². The lowest BCUT2D eigenvalue weighted by Gasteiger charge is -2.34. The van der Waals surface area contributed by atoms with E-state index in [2.05, 4.69) is 4.98 Å². The molecule has 1 aromatic heterocycles. The van der Waals surface area contributed by atoms with Gasteiger partial charge >= 0.3 is 0 Å². The number of carbonyl (C=O) groups excluding carboxylic acids is 2. The van der Waals surface area contributed by atoms with E-state index < -0.39 is 0 Å². The quantitative estimate of drug-likeness (QED) is 0.422. The molecule has 0 aliphatic carbocycles. The Labute approximate surface area is 201 Å². The van der Waals surface area contributed by atoms with Gasteiger partial charge in [-0.3, -0.25) is 9.59 Å². The maximum atomic E-state index is 13.2. The number of thiazole rings is 1. The third-order valence-electron chi connectivity index (χ3n) is 6.18. The molecule has 0 N–H and O–H groups in total. The minimum absolute atomic E-state index is 0.000506. The summed E-state index contributed by atoms with van der Waals surface area (Å²) in [6.07, 6.45) is 0.562. The number of aromatic nitrogens is 1. The number of piperazine rings is 1. The maximum absolute atomic E-state index is 13.2. The molecule has 1 aliphatic heterocycles. The van der Waals surface area contributed by atoms with Crippen molar-refractivity contribution >= 4 is 33.9 Å². The van der Waals surface area contributed by atoms with Crippen LogP contribution in [0.1, 0.15) is 36.3 Å². The maximum Gasteiger partial charge on any atom is 0.265 e. The average Bonchev–Trinajstić information content (AvgIpc) is 3.24. The summed E-state index contributed by atoms with van der Waals surface area (Å²) in [5, 5.41) is 2.82. The second-order valence-corrected chi connectivity index (χ2v) is 9.52. The van der Waals surface area contributed by atoms with Gasteiger partial charge < -0.3 is 9.80 Å². The van der Waals surface area contributed by atoms with Gasteiger partial charge in [-0.2, -0.15) is 0 Å². The summed E-state index contributed by atoms with van der Waals surface area (Å²) >= 11 is 1.39. The highest BCUT2D eigenvalue weighted by molar-refractivity contribution is 7.13. The number of aryl methyl sites for hydroxylation is 1. The summed E-state index contributed by atoms with van der Waals surface area (Å²) in [5.74, 6) is -0.315. The molecule has 4 aromatic rings. The van der Waals surface area contributed by atoms with Crippen LogP contribution in [-0.4, -0.2) is 52.8 Å². The van der Waals surface area contributed by atoms with Crippen LogP contribution >= 0.6 is 11.3 Å². The predicted octanol–water partition coefficient (Wildman–Crippen LogP) is 4.93. The van der Waals surface area contributed by atoms with Gasteiger partial charge in [0.1, 0.15) is 10.7 Å². The Morgan fingerprint density at radius 2 is 1.53 bits per heavy atom. The molecule has 2 heterocycles. The molecule has 0 saturated carbocycles. The third kappa shape index (κ3) is 4.43. The highest BCUT2D eigenvalue weighted by atomic mass is 32.1.